The Balaban J connectivity index is 1.92. The lowest BCUT2D eigenvalue weighted by Gasteiger charge is -2.29. The molecule has 1 aliphatic heterocycles. The minimum atomic E-state index is -0.498. The van der Waals surface area contributed by atoms with Gasteiger partial charge in [-0.25, -0.2) is 4.79 Å². The molecule has 2 fully saturated rings. The summed E-state index contributed by atoms with van der Waals surface area (Å²) in [6.45, 7) is 7.86. The summed E-state index contributed by atoms with van der Waals surface area (Å²) in [5, 5.41) is 0. The highest BCUT2D eigenvalue weighted by atomic mass is 16.6. The van der Waals surface area contributed by atoms with Gasteiger partial charge in [-0.05, 0) is 72.7 Å². The number of carbonyl (C=O) groups is 1. The Labute approximate surface area is 182 Å². The molecule has 2 aliphatic rings. The molecule has 0 spiro atoms. The van der Waals surface area contributed by atoms with Crippen LogP contribution < -0.4 is 0 Å². The van der Waals surface area contributed by atoms with Gasteiger partial charge in [0.2, 0.25) is 0 Å². The molecule has 0 radical (unpaired) electrons. The number of carbonyl (C=O) groups excluding carboxylic acids is 1. The second-order valence-electron chi connectivity index (χ2n) is 9.87. The summed E-state index contributed by atoms with van der Waals surface area (Å²) in [6.07, 6.45) is 11.9. The standard InChI is InChI=1S/C25H39N3O2/c1-7-8-11-18-14-15-19(20(26-18)16-17-23(29)30-25(2,3)4)24-27(5)21-12-9-10-13-22(21)28(24)6/h14-17,21-22,24H,7-13H2,1-6H3/b17-16+/t21-,22-/m1/s1. The molecular formula is C25H39N3O2. The van der Waals surface area contributed by atoms with Gasteiger partial charge in [-0.2, -0.15) is 0 Å². The highest BCUT2D eigenvalue weighted by molar-refractivity contribution is 5.87. The first kappa shape index (κ1) is 23.0. The van der Waals surface area contributed by atoms with E-state index in [0.29, 0.717) is 12.1 Å². The number of pyridine rings is 1. The molecule has 0 N–H and O–H groups in total. The number of rotatable bonds is 6. The normalized spacial score (nSPS) is 23.8. The number of unbranched alkanes of at least 4 members (excludes halogenated alkanes) is 1. The Morgan fingerprint density at radius 3 is 2.37 bits per heavy atom. The van der Waals surface area contributed by atoms with E-state index in [1.807, 2.05) is 26.8 Å². The molecule has 0 aromatic carbocycles. The number of aromatic nitrogens is 1. The maximum absolute atomic E-state index is 12.3. The van der Waals surface area contributed by atoms with Crippen molar-refractivity contribution in [3.8, 4) is 0 Å². The molecule has 2 atom stereocenters. The molecular weight excluding hydrogens is 374 g/mol. The van der Waals surface area contributed by atoms with E-state index in [9.17, 15) is 4.79 Å². The number of hydrogen-bond acceptors (Lipinski definition) is 5. The van der Waals surface area contributed by atoms with Crippen LogP contribution in [0.1, 0.15) is 89.3 Å². The third kappa shape index (κ3) is 5.30. The number of fused-ring (bicyclic) bond motifs is 1. The third-order valence-corrected chi connectivity index (χ3v) is 6.38. The Bertz CT molecular complexity index is 750. The Hall–Kier alpha value is -1.72. The van der Waals surface area contributed by atoms with E-state index in [1.165, 1.54) is 37.3 Å². The predicted molar refractivity (Wildman–Crippen MR) is 122 cm³/mol. The lowest BCUT2D eigenvalue weighted by Crippen LogP contribution is -2.37. The van der Waals surface area contributed by atoms with Crippen LogP contribution in [0.25, 0.3) is 6.08 Å². The van der Waals surface area contributed by atoms with E-state index in [1.54, 1.807) is 0 Å². The van der Waals surface area contributed by atoms with Crippen molar-refractivity contribution in [2.45, 2.75) is 96.5 Å². The average Bonchev–Trinajstić information content (AvgIpc) is 2.94. The SMILES string of the molecule is CCCCc1ccc(C2N(C)[C@@H]3CCCC[C@H]3N2C)c(/C=C/C(=O)OC(C)(C)C)n1. The first-order valence-electron chi connectivity index (χ1n) is 11.6. The molecule has 1 aromatic heterocycles. The van der Waals surface area contributed by atoms with Gasteiger partial charge in [0.25, 0.3) is 0 Å². The summed E-state index contributed by atoms with van der Waals surface area (Å²) in [4.78, 5) is 22.3. The highest BCUT2D eigenvalue weighted by Gasteiger charge is 2.45. The molecule has 166 valence electrons. The monoisotopic (exact) mass is 413 g/mol. The highest BCUT2D eigenvalue weighted by Crippen LogP contribution is 2.42. The molecule has 3 rings (SSSR count). The quantitative estimate of drug-likeness (QED) is 0.487. The van der Waals surface area contributed by atoms with Crippen molar-refractivity contribution in [3.63, 3.8) is 0 Å². The maximum atomic E-state index is 12.3. The number of aryl methyl sites for hydroxylation is 1. The molecule has 1 saturated heterocycles. The first-order chi connectivity index (χ1) is 14.2. The number of likely N-dealkylation sites (N-methyl/N-ethyl adjacent to an activating group) is 2. The second kappa shape index (κ2) is 9.61. The summed E-state index contributed by atoms with van der Waals surface area (Å²) in [5.41, 5.74) is 2.65. The Morgan fingerprint density at radius 2 is 1.80 bits per heavy atom. The van der Waals surface area contributed by atoms with Crippen molar-refractivity contribution in [2.75, 3.05) is 14.1 Å². The van der Waals surface area contributed by atoms with Crippen molar-refractivity contribution in [3.05, 3.63) is 35.2 Å². The van der Waals surface area contributed by atoms with Crippen molar-refractivity contribution in [1.29, 1.82) is 0 Å². The van der Waals surface area contributed by atoms with Gasteiger partial charge < -0.3 is 4.74 Å². The predicted octanol–water partition coefficient (Wildman–Crippen LogP) is 4.97. The van der Waals surface area contributed by atoms with Crippen molar-refractivity contribution in [1.82, 2.24) is 14.8 Å². The molecule has 1 saturated carbocycles. The van der Waals surface area contributed by atoms with Crippen molar-refractivity contribution >= 4 is 12.0 Å². The van der Waals surface area contributed by atoms with Gasteiger partial charge in [0, 0.05) is 29.4 Å². The Morgan fingerprint density at radius 1 is 1.17 bits per heavy atom. The van der Waals surface area contributed by atoms with Crippen molar-refractivity contribution in [2.24, 2.45) is 0 Å². The van der Waals surface area contributed by atoms with E-state index in [-0.39, 0.29) is 12.1 Å². The third-order valence-electron chi connectivity index (χ3n) is 6.38. The zero-order valence-electron chi connectivity index (χ0n) is 19.6. The van der Waals surface area contributed by atoms with Gasteiger partial charge in [0.1, 0.15) is 5.60 Å². The largest absolute Gasteiger partial charge is 0.457 e. The fraction of sp³-hybridized carbons (Fsp3) is 0.680. The van der Waals surface area contributed by atoms with E-state index in [0.717, 1.165) is 30.7 Å². The lowest BCUT2D eigenvalue weighted by molar-refractivity contribution is -0.148. The van der Waals surface area contributed by atoms with Crippen LogP contribution in [0, 0.1) is 0 Å². The van der Waals surface area contributed by atoms with Gasteiger partial charge in [-0.3, -0.25) is 14.8 Å². The number of ether oxygens (including phenoxy) is 1. The maximum Gasteiger partial charge on any atom is 0.331 e. The molecule has 0 amide bonds. The smallest absolute Gasteiger partial charge is 0.331 e. The van der Waals surface area contributed by atoms with E-state index in [4.69, 9.17) is 9.72 Å². The minimum absolute atomic E-state index is 0.184. The van der Waals surface area contributed by atoms with Gasteiger partial charge in [0.05, 0.1) is 11.9 Å². The van der Waals surface area contributed by atoms with E-state index < -0.39 is 5.60 Å². The molecule has 5 heteroatoms. The summed E-state index contributed by atoms with van der Waals surface area (Å²) < 4.78 is 5.46. The summed E-state index contributed by atoms with van der Waals surface area (Å²) >= 11 is 0. The van der Waals surface area contributed by atoms with Gasteiger partial charge in [-0.15, -0.1) is 0 Å². The molecule has 0 unspecified atom stereocenters. The summed E-state index contributed by atoms with van der Waals surface area (Å²) in [7, 11) is 4.48. The van der Waals surface area contributed by atoms with Crippen LogP contribution in [0.15, 0.2) is 18.2 Å². The number of hydrogen-bond donors (Lipinski definition) is 0. The lowest BCUT2D eigenvalue weighted by atomic mass is 9.91. The summed E-state index contributed by atoms with van der Waals surface area (Å²) in [6, 6.07) is 5.58. The fourth-order valence-electron chi connectivity index (χ4n) is 4.99. The Kier molecular flexibility index (Phi) is 7.35. The van der Waals surface area contributed by atoms with Crippen LogP contribution in [-0.4, -0.2) is 52.5 Å². The van der Waals surface area contributed by atoms with Crippen LogP contribution in [0.4, 0.5) is 0 Å². The average molecular weight is 414 g/mol. The molecule has 0 bridgehead atoms. The zero-order chi connectivity index (χ0) is 21.9. The van der Waals surface area contributed by atoms with Gasteiger partial charge >= 0.3 is 5.97 Å². The molecule has 1 aromatic rings. The van der Waals surface area contributed by atoms with E-state index >= 15 is 0 Å². The number of nitrogens with zero attached hydrogens (tertiary/aromatic N) is 3. The first-order valence-corrected chi connectivity index (χ1v) is 11.6. The number of esters is 1. The van der Waals surface area contributed by atoms with Crippen LogP contribution in [-0.2, 0) is 16.0 Å². The summed E-state index contributed by atoms with van der Waals surface area (Å²) in [5.74, 6) is -0.323. The van der Waals surface area contributed by atoms with Crippen molar-refractivity contribution < 1.29 is 9.53 Å². The topological polar surface area (TPSA) is 45.7 Å². The molecule has 2 heterocycles. The van der Waals surface area contributed by atoms with Crippen LogP contribution in [0.2, 0.25) is 0 Å². The van der Waals surface area contributed by atoms with Gasteiger partial charge in [0.15, 0.2) is 0 Å². The minimum Gasteiger partial charge on any atom is -0.457 e. The zero-order valence-corrected chi connectivity index (χ0v) is 19.6. The van der Waals surface area contributed by atoms with Crippen LogP contribution in [0.3, 0.4) is 0 Å². The van der Waals surface area contributed by atoms with Crippen LogP contribution >= 0.6 is 0 Å². The fourth-order valence-corrected chi connectivity index (χ4v) is 4.99. The van der Waals surface area contributed by atoms with Crippen LogP contribution in [0.5, 0.6) is 0 Å². The second-order valence-corrected chi connectivity index (χ2v) is 9.87. The molecule has 30 heavy (non-hydrogen) atoms. The molecule has 5 nitrogen and oxygen atoms in total. The van der Waals surface area contributed by atoms with Gasteiger partial charge in [-0.1, -0.05) is 32.3 Å². The van der Waals surface area contributed by atoms with E-state index in [2.05, 4.69) is 43.0 Å². The molecule has 1 aliphatic carbocycles.